The van der Waals surface area contributed by atoms with Crippen LogP contribution in [-0.2, 0) is 4.79 Å². The fourth-order valence-corrected chi connectivity index (χ4v) is 3.14. The van der Waals surface area contributed by atoms with Crippen LogP contribution in [-0.4, -0.2) is 29.2 Å². The molecule has 0 aliphatic heterocycles. The number of aliphatic hydroxyl groups is 1. The van der Waals surface area contributed by atoms with Gasteiger partial charge < -0.3 is 16.2 Å². The molecule has 2 fully saturated rings. The minimum Gasteiger partial charge on any atom is -0.391 e. The molecule has 0 aromatic heterocycles. The fourth-order valence-electron chi connectivity index (χ4n) is 3.14. The summed E-state index contributed by atoms with van der Waals surface area (Å²) in [5.41, 5.74) is 5.85. The van der Waals surface area contributed by atoms with E-state index in [9.17, 15) is 9.90 Å². The van der Waals surface area contributed by atoms with Gasteiger partial charge in [0.05, 0.1) is 12.1 Å². The van der Waals surface area contributed by atoms with Crippen LogP contribution in [0.25, 0.3) is 0 Å². The number of aliphatic hydroxyl groups excluding tert-OH is 1. The van der Waals surface area contributed by atoms with E-state index in [1.54, 1.807) is 0 Å². The highest BCUT2D eigenvalue weighted by Crippen LogP contribution is 2.24. The van der Waals surface area contributed by atoms with Crippen LogP contribution in [0.1, 0.15) is 57.8 Å². The lowest BCUT2D eigenvalue weighted by Crippen LogP contribution is -2.46. The first-order valence-corrected chi connectivity index (χ1v) is 7.41. The van der Waals surface area contributed by atoms with Crippen molar-refractivity contribution in [3.8, 4) is 0 Å². The maximum Gasteiger partial charge on any atom is 0.223 e. The van der Waals surface area contributed by atoms with Gasteiger partial charge in [0.2, 0.25) is 5.91 Å². The number of rotatable bonds is 2. The predicted octanol–water partition coefficient (Wildman–Crippen LogP) is 1.31. The van der Waals surface area contributed by atoms with Crippen LogP contribution >= 0.6 is 0 Å². The van der Waals surface area contributed by atoms with Gasteiger partial charge in [-0.25, -0.2) is 0 Å². The third kappa shape index (κ3) is 3.69. The van der Waals surface area contributed by atoms with Gasteiger partial charge in [0.1, 0.15) is 0 Å². The Balaban J connectivity index is 1.82. The van der Waals surface area contributed by atoms with Gasteiger partial charge in [-0.1, -0.05) is 19.3 Å². The molecule has 0 aromatic rings. The van der Waals surface area contributed by atoms with E-state index in [0.29, 0.717) is 0 Å². The van der Waals surface area contributed by atoms with Gasteiger partial charge in [0.25, 0.3) is 0 Å². The number of carbonyl (C=O) groups excluding carboxylic acids is 1. The molecule has 104 valence electrons. The van der Waals surface area contributed by atoms with E-state index in [-0.39, 0.29) is 30.0 Å². The van der Waals surface area contributed by atoms with Crippen molar-refractivity contribution in [1.82, 2.24) is 5.32 Å². The van der Waals surface area contributed by atoms with Crippen molar-refractivity contribution < 1.29 is 9.90 Å². The molecular weight excluding hydrogens is 228 g/mol. The molecule has 0 heterocycles. The van der Waals surface area contributed by atoms with Crippen LogP contribution in [0.4, 0.5) is 0 Å². The minimum atomic E-state index is -0.359. The molecule has 0 bridgehead atoms. The Bertz CT molecular complexity index is 275. The van der Waals surface area contributed by atoms with E-state index in [0.717, 1.165) is 51.4 Å². The molecule has 2 saturated carbocycles. The highest BCUT2D eigenvalue weighted by atomic mass is 16.3. The summed E-state index contributed by atoms with van der Waals surface area (Å²) in [5, 5.41) is 13.1. The molecule has 2 aliphatic rings. The van der Waals surface area contributed by atoms with E-state index in [2.05, 4.69) is 5.32 Å². The summed E-state index contributed by atoms with van der Waals surface area (Å²) in [4.78, 5) is 12.2. The highest BCUT2D eigenvalue weighted by molar-refractivity contribution is 5.79. The third-order valence-electron chi connectivity index (χ3n) is 4.45. The number of carbonyl (C=O) groups is 1. The van der Waals surface area contributed by atoms with E-state index in [1.165, 1.54) is 6.42 Å². The van der Waals surface area contributed by atoms with Gasteiger partial charge in [-0.3, -0.25) is 4.79 Å². The van der Waals surface area contributed by atoms with E-state index in [1.807, 2.05) is 0 Å². The predicted molar refractivity (Wildman–Crippen MR) is 71.0 cm³/mol. The molecule has 4 nitrogen and oxygen atoms in total. The first-order valence-electron chi connectivity index (χ1n) is 7.41. The Hall–Kier alpha value is -0.610. The molecule has 2 atom stereocenters. The largest absolute Gasteiger partial charge is 0.391 e. The molecule has 2 rings (SSSR count). The average molecular weight is 254 g/mol. The zero-order valence-corrected chi connectivity index (χ0v) is 11.1. The minimum absolute atomic E-state index is 0.0319. The second-order valence-corrected chi connectivity index (χ2v) is 5.93. The Labute approximate surface area is 109 Å². The first kappa shape index (κ1) is 13.8. The lowest BCUT2D eigenvalue weighted by molar-refractivity contribution is -0.127. The molecule has 2 unspecified atom stereocenters. The SMILES string of the molecule is NC1CCC(C(=O)NC2CCCCCC2O)CC1. The molecule has 1 amide bonds. The summed E-state index contributed by atoms with van der Waals surface area (Å²) in [6.07, 6.45) is 8.43. The lowest BCUT2D eigenvalue weighted by Gasteiger charge is -2.28. The molecule has 0 spiro atoms. The molecule has 0 saturated heterocycles. The average Bonchev–Trinajstić information content (AvgIpc) is 2.56. The second kappa shape index (κ2) is 6.53. The summed E-state index contributed by atoms with van der Waals surface area (Å²) < 4.78 is 0. The van der Waals surface area contributed by atoms with Gasteiger partial charge in [-0.2, -0.15) is 0 Å². The lowest BCUT2D eigenvalue weighted by atomic mass is 9.85. The molecule has 2 aliphatic carbocycles. The summed E-state index contributed by atoms with van der Waals surface area (Å²) in [5.74, 6) is 0.244. The Morgan fingerprint density at radius 2 is 1.67 bits per heavy atom. The van der Waals surface area contributed by atoms with Crippen molar-refractivity contribution in [2.45, 2.75) is 76.0 Å². The quantitative estimate of drug-likeness (QED) is 0.650. The fraction of sp³-hybridized carbons (Fsp3) is 0.929. The topological polar surface area (TPSA) is 75.4 Å². The molecule has 0 aromatic carbocycles. The van der Waals surface area contributed by atoms with Crippen LogP contribution in [0.5, 0.6) is 0 Å². The first-order chi connectivity index (χ1) is 8.66. The van der Waals surface area contributed by atoms with E-state index in [4.69, 9.17) is 5.73 Å². The van der Waals surface area contributed by atoms with Crippen LogP contribution in [0.3, 0.4) is 0 Å². The molecule has 0 radical (unpaired) electrons. The van der Waals surface area contributed by atoms with Gasteiger partial charge in [0.15, 0.2) is 0 Å². The normalized spacial score (nSPS) is 37.9. The number of hydrogen-bond donors (Lipinski definition) is 3. The number of hydrogen-bond acceptors (Lipinski definition) is 3. The molecule has 4 N–H and O–H groups in total. The molecular formula is C14H26N2O2. The maximum absolute atomic E-state index is 12.2. The zero-order chi connectivity index (χ0) is 13.0. The van der Waals surface area contributed by atoms with Gasteiger partial charge in [-0.05, 0) is 38.5 Å². The van der Waals surface area contributed by atoms with Crippen molar-refractivity contribution in [2.24, 2.45) is 11.7 Å². The Morgan fingerprint density at radius 1 is 1.00 bits per heavy atom. The highest BCUT2D eigenvalue weighted by Gasteiger charge is 2.28. The summed E-state index contributed by atoms with van der Waals surface area (Å²) in [6, 6.07) is 0.244. The van der Waals surface area contributed by atoms with Crippen LogP contribution in [0, 0.1) is 5.92 Å². The second-order valence-electron chi connectivity index (χ2n) is 5.93. The summed E-state index contributed by atoms with van der Waals surface area (Å²) in [7, 11) is 0. The number of nitrogens with two attached hydrogens (primary N) is 1. The Morgan fingerprint density at radius 3 is 2.39 bits per heavy atom. The number of nitrogens with one attached hydrogen (secondary N) is 1. The zero-order valence-electron chi connectivity index (χ0n) is 11.1. The van der Waals surface area contributed by atoms with Crippen LogP contribution < -0.4 is 11.1 Å². The van der Waals surface area contributed by atoms with Gasteiger partial charge in [-0.15, -0.1) is 0 Å². The Kier molecular flexibility index (Phi) is 5.01. The van der Waals surface area contributed by atoms with Gasteiger partial charge >= 0.3 is 0 Å². The third-order valence-corrected chi connectivity index (χ3v) is 4.45. The molecule has 4 heteroatoms. The van der Waals surface area contributed by atoms with Crippen molar-refractivity contribution in [3.05, 3.63) is 0 Å². The summed E-state index contributed by atoms with van der Waals surface area (Å²) in [6.45, 7) is 0. The van der Waals surface area contributed by atoms with Crippen LogP contribution in [0.15, 0.2) is 0 Å². The summed E-state index contributed by atoms with van der Waals surface area (Å²) >= 11 is 0. The number of amides is 1. The van der Waals surface area contributed by atoms with Crippen LogP contribution in [0.2, 0.25) is 0 Å². The maximum atomic E-state index is 12.2. The smallest absolute Gasteiger partial charge is 0.223 e. The van der Waals surface area contributed by atoms with Crippen molar-refractivity contribution in [2.75, 3.05) is 0 Å². The van der Waals surface area contributed by atoms with E-state index >= 15 is 0 Å². The van der Waals surface area contributed by atoms with Gasteiger partial charge in [0, 0.05) is 12.0 Å². The standard InChI is InChI=1S/C14H26N2O2/c15-11-8-6-10(7-9-11)14(18)16-12-4-2-1-3-5-13(12)17/h10-13,17H,1-9,15H2,(H,16,18). The monoisotopic (exact) mass is 254 g/mol. The van der Waals surface area contributed by atoms with E-state index < -0.39 is 0 Å². The molecule has 18 heavy (non-hydrogen) atoms. The van der Waals surface area contributed by atoms with Crippen molar-refractivity contribution in [3.63, 3.8) is 0 Å². The van der Waals surface area contributed by atoms with Crippen molar-refractivity contribution in [1.29, 1.82) is 0 Å². The van der Waals surface area contributed by atoms with Crippen molar-refractivity contribution >= 4 is 5.91 Å².